The largest absolute Gasteiger partial charge is 0.350 e. The van der Waals surface area contributed by atoms with Gasteiger partial charge < -0.3 is 10.6 Å². The van der Waals surface area contributed by atoms with Crippen LogP contribution in [0.1, 0.15) is 31.7 Å². The van der Waals surface area contributed by atoms with Crippen LogP contribution in [-0.4, -0.2) is 32.7 Å². The van der Waals surface area contributed by atoms with Crippen LogP contribution < -0.4 is 10.6 Å². The number of benzene rings is 1. The van der Waals surface area contributed by atoms with E-state index in [1.807, 2.05) is 6.92 Å². The van der Waals surface area contributed by atoms with Gasteiger partial charge in [0.25, 0.3) is 0 Å². The van der Waals surface area contributed by atoms with Crippen molar-refractivity contribution in [1.82, 2.24) is 10.6 Å². The van der Waals surface area contributed by atoms with Gasteiger partial charge in [0.05, 0.1) is 10.4 Å². The highest BCUT2D eigenvalue weighted by Crippen LogP contribution is 2.23. The van der Waals surface area contributed by atoms with Crippen LogP contribution >= 0.6 is 12.4 Å². The van der Waals surface area contributed by atoms with Crippen LogP contribution in [0.25, 0.3) is 0 Å². The van der Waals surface area contributed by atoms with Crippen LogP contribution in [0.2, 0.25) is 0 Å². The zero-order valence-electron chi connectivity index (χ0n) is 12.9. The Morgan fingerprint density at radius 3 is 2.41 bits per heavy atom. The Bertz CT molecular complexity index is 608. The van der Waals surface area contributed by atoms with Crippen molar-refractivity contribution >= 4 is 28.2 Å². The molecule has 1 aliphatic heterocycles. The van der Waals surface area contributed by atoms with Gasteiger partial charge in [-0.15, -0.1) is 12.4 Å². The number of rotatable bonds is 5. The van der Waals surface area contributed by atoms with Crippen LogP contribution in [-0.2, 0) is 21.2 Å². The molecule has 124 valence electrons. The molecule has 2 rings (SSSR count). The molecule has 1 saturated heterocycles. The molecule has 0 aromatic heterocycles. The Morgan fingerprint density at radius 1 is 1.32 bits per heavy atom. The normalized spacial score (nSPS) is 21.2. The summed E-state index contributed by atoms with van der Waals surface area (Å²) in [7, 11) is -3.18. The van der Waals surface area contributed by atoms with Gasteiger partial charge in [-0.05, 0) is 43.5 Å². The van der Waals surface area contributed by atoms with Gasteiger partial charge in [-0.3, -0.25) is 4.79 Å². The molecule has 7 heteroatoms. The van der Waals surface area contributed by atoms with Crippen LogP contribution in [0.4, 0.5) is 0 Å². The van der Waals surface area contributed by atoms with Gasteiger partial charge in [0.2, 0.25) is 5.91 Å². The minimum atomic E-state index is -3.18. The summed E-state index contributed by atoms with van der Waals surface area (Å²) >= 11 is 0. The number of halogens is 1. The summed E-state index contributed by atoms with van der Waals surface area (Å²) in [5, 5.41) is 6.23. The van der Waals surface area contributed by atoms with Gasteiger partial charge in [0.15, 0.2) is 9.84 Å². The van der Waals surface area contributed by atoms with Crippen LogP contribution in [0.15, 0.2) is 29.2 Å². The molecule has 22 heavy (non-hydrogen) atoms. The van der Waals surface area contributed by atoms with E-state index in [1.54, 1.807) is 24.3 Å². The first-order valence-electron chi connectivity index (χ1n) is 7.20. The Morgan fingerprint density at radius 2 is 1.95 bits per heavy atom. The van der Waals surface area contributed by atoms with E-state index in [0.29, 0.717) is 11.4 Å². The Labute approximate surface area is 138 Å². The van der Waals surface area contributed by atoms with E-state index < -0.39 is 15.4 Å². The van der Waals surface area contributed by atoms with E-state index in [0.717, 1.165) is 31.4 Å². The second-order valence-corrected chi connectivity index (χ2v) is 7.58. The molecular formula is C15H23ClN2O3S. The van der Waals surface area contributed by atoms with E-state index in [9.17, 15) is 13.2 Å². The summed E-state index contributed by atoms with van der Waals surface area (Å²) in [5.41, 5.74) is 0.451. The second kappa shape index (κ2) is 7.44. The molecule has 1 aliphatic rings. The Kier molecular flexibility index (Phi) is 6.40. The third kappa shape index (κ3) is 4.21. The molecule has 1 unspecified atom stereocenters. The predicted molar refractivity (Wildman–Crippen MR) is 88.9 cm³/mol. The molecule has 0 radical (unpaired) electrons. The number of sulfone groups is 1. The van der Waals surface area contributed by atoms with E-state index in [4.69, 9.17) is 0 Å². The molecule has 0 aliphatic carbocycles. The van der Waals surface area contributed by atoms with Gasteiger partial charge in [-0.1, -0.05) is 19.1 Å². The molecule has 0 bridgehead atoms. The molecule has 1 aromatic rings. The molecule has 5 nitrogen and oxygen atoms in total. The number of nitrogens with one attached hydrogen (secondary N) is 2. The van der Waals surface area contributed by atoms with E-state index >= 15 is 0 Å². The number of carbonyl (C=O) groups is 1. The lowest BCUT2D eigenvalue weighted by molar-refractivity contribution is -0.127. The van der Waals surface area contributed by atoms with Gasteiger partial charge in [-0.2, -0.15) is 0 Å². The first kappa shape index (κ1) is 18.9. The fourth-order valence-corrected chi connectivity index (χ4v) is 3.30. The van der Waals surface area contributed by atoms with Crippen LogP contribution in [0.3, 0.4) is 0 Å². The SMILES string of the molecule is CCC1(C(=O)NCc2ccc(S(C)(=O)=O)cc2)CCCN1.Cl. The minimum Gasteiger partial charge on any atom is -0.350 e. The van der Waals surface area contributed by atoms with Crippen molar-refractivity contribution in [3.05, 3.63) is 29.8 Å². The molecule has 1 heterocycles. The Hall–Kier alpha value is -1.11. The second-order valence-electron chi connectivity index (χ2n) is 5.56. The first-order valence-corrected chi connectivity index (χ1v) is 9.09. The average Bonchev–Trinajstić information content (AvgIpc) is 2.94. The maximum atomic E-state index is 12.3. The molecule has 0 spiro atoms. The molecule has 1 atom stereocenters. The molecular weight excluding hydrogens is 324 g/mol. The smallest absolute Gasteiger partial charge is 0.240 e. The van der Waals surface area contributed by atoms with Gasteiger partial charge in [-0.25, -0.2) is 8.42 Å². The summed E-state index contributed by atoms with van der Waals surface area (Å²) in [6.07, 6.45) is 3.83. The first-order chi connectivity index (χ1) is 9.87. The maximum absolute atomic E-state index is 12.3. The molecule has 1 aromatic carbocycles. The van der Waals surface area contributed by atoms with Crippen LogP contribution in [0.5, 0.6) is 0 Å². The molecule has 2 N–H and O–H groups in total. The van der Waals surface area contributed by atoms with E-state index in [2.05, 4.69) is 10.6 Å². The quantitative estimate of drug-likeness (QED) is 0.850. The van der Waals surface area contributed by atoms with Crippen LogP contribution in [0, 0.1) is 0 Å². The zero-order valence-corrected chi connectivity index (χ0v) is 14.5. The monoisotopic (exact) mass is 346 g/mol. The fourth-order valence-electron chi connectivity index (χ4n) is 2.67. The summed E-state index contributed by atoms with van der Waals surface area (Å²) in [6, 6.07) is 6.61. The van der Waals surface area contributed by atoms with Crippen molar-refractivity contribution in [2.75, 3.05) is 12.8 Å². The van der Waals surface area contributed by atoms with Crippen molar-refractivity contribution < 1.29 is 13.2 Å². The van der Waals surface area contributed by atoms with Crippen molar-refractivity contribution in [3.63, 3.8) is 0 Å². The lowest BCUT2D eigenvalue weighted by atomic mass is 9.93. The Balaban J connectivity index is 0.00000242. The number of hydrogen-bond acceptors (Lipinski definition) is 4. The summed E-state index contributed by atoms with van der Waals surface area (Å²) in [5.74, 6) is 0.0229. The standard InChI is InChI=1S/C15H22N2O3S.ClH/c1-3-15(9-4-10-17-15)14(18)16-11-12-5-7-13(8-6-12)21(2,19)20;/h5-8,17H,3-4,9-11H2,1-2H3,(H,16,18);1H. The minimum absolute atomic E-state index is 0. The lowest BCUT2D eigenvalue weighted by Gasteiger charge is -2.26. The number of carbonyl (C=O) groups excluding carboxylic acids is 1. The highest BCUT2D eigenvalue weighted by Gasteiger charge is 2.38. The topological polar surface area (TPSA) is 75.3 Å². The van der Waals surface area contributed by atoms with Crippen molar-refractivity contribution in [3.8, 4) is 0 Å². The number of hydrogen-bond donors (Lipinski definition) is 2. The molecule has 1 fully saturated rings. The third-order valence-electron chi connectivity index (χ3n) is 4.09. The predicted octanol–water partition coefficient (Wildman–Crippen LogP) is 1.66. The molecule has 1 amide bonds. The highest BCUT2D eigenvalue weighted by molar-refractivity contribution is 7.90. The van der Waals surface area contributed by atoms with Gasteiger partial charge in [0, 0.05) is 12.8 Å². The van der Waals surface area contributed by atoms with Crippen molar-refractivity contribution in [2.45, 2.75) is 43.2 Å². The van der Waals surface area contributed by atoms with Crippen molar-refractivity contribution in [2.24, 2.45) is 0 Å². The van der Waals surface area contributed by atoms with E-state index in [-0.39, 0.29) is 18.3 Å². The van der Waals surface area contributed by atoms with E-state index in [1.165, 1.54) is 6.26 Å². The van der Waals surface area contributed by atoms with Gasteiger partial charge >= 0.3 is 0 Å². The fraction of sp³-hybridized carbons (Fsp3) is 0.533. The number of amides is 1. The summed E-state index contributed by atoms with van der Waals surface area (Å²) < 4.78 is 22.8. The molecule has 0 saturated carbocycles. The third-order valence-corrected chi connectivity index (χ3v) is 5.21. The highest BCUT2D eigenvalue weighted by atomic mass is 35.5. The summed E-state index contributed by atoms with van der Waals surface area (Å²) in [6.45, 7) is 3.30. The van der Waals surface area contributed by atoms with Gasteiger partial charge in [0.1, 0.15) is 0 Å². The maximum Gasteiger partial charge on any atom is 0.240 e. The zero-order chi connectivity index (χ0) is 15.5. The lowest BCUT2D eigenvalue weighted by Crippen LogP contribution is -2.52. The summed E-state index contributed by atoms with van der Waals surface area (Å²) in [4.78, 5) is 12.6. The average molecular weight is 347 g/mol. The van der Waals surface area contributed by atoms with Crippen molar-refractivity contribution in [1.29, 1.82) is 0 Å².